The van der Waals surface area contributed by atoms with Crippen LogP contribution in [0, 0.1) is 0 Å². The molecule has 0 radical (unpaired) electrons. The molecular formula is C7H8N4O2S. The van der Waals surface area contributed by atoms with Gasteiger partial charge in [-0.1, -0.05) is 12.2 Å². The Bertz CT molecular complexity index is 376. The van der Waals surface area contributed by atoms with E-state index in [1.54, 1.807) is 6.08 Å². The maximum absolute atomic E-state index is 10.6. The number of thiocarbonyl (C=S) groups is 1. The summed E-state index contributed by atoms with van der Waals surface area (Å²) in [5.74, 6) is 0.609. The van der Waals surface area contributed by atoms with E-state index in [0.717, 1.165) is 10.7 Å². The van der Waals surface area contributed by atoms with E-state index in [0.29, 0.717) is 10.8 Å². The smallest absolute Gasteiger partial charge is 0.427 e. The normalized spacial score (nSPS) is 19.9. The van der Waals surface area contributed by atoms with Crippen LogP contribution in [-0.4, -0.2) is 26.2 Å². The van der Waals surface area contributed by atoms with E-state index < -0.39 is 6.09 Å². The summed E-state index contributed by atoms with van der Waals surface area (Å²) in [4.78, 5) is 11.2. The molecule has 0 saturated heterocycles. The first-order valence-corrected chi connectivity index (χ1v) is 4.28. The summed E-state index contributed by atoms with van der Waals surface area (Å²) >= 11 is 5.05. The first-order chi connectivity index (χ1) is 6.58. The molecule has 0 unspecified atom stereocenters. The second-order valence-electron chi connectivity index (χ2n) is 2.89. The van der Waals surface area contributed by atoms with Gasteiger partial charge in [-0.15, -0.1) is 5.53 Å². The van der Waals surface area contributed by atoms with Crippen LogP contribution >= 0.6 is 12.2 Å². The molecule has 74 valence electrons. The first kappa shape index (κ1) is 8.97. The summed E-state index contributed by atoms with van der Waals surface area (Å²) in [7, 11) is 0. The van der Waals surface area contributed by atoms with Crippen molar-refractivity contribution in [3.8, 4) is 0 Å². The zero-order valence-electron chi connectivity index (χ0n) is 7.31. The molecule has 2 aliphatic rings. The van der Waals surface area contributed by atoms with Gasteiger partial charge in [0.15, 0.2) is 0 Å². The Balaban J connectivity index is 2.26. The highest BCUT2D eigenvalue weighted by atomic mass is 32.1. The second kappa shape index (κ2) is 2.96. The van der Waals surface area contributed by atoms with Crippen LogP contribution in [0.2, 0.25) is 0 Å². The van der Waals surface area contributed by atoms with Gasteiger partial charge in [0.2, 0.25) is 0 Å². The van der Waals surface area contributed by atoms with Crippen LogP contribution in [-0.2, 0) is 0 Å². The molecule has 0 spiro atoms. The van der Waals surface area contributed by atoms with Crippen LogP contribution in [0.15, 0.2) is 23.8 Å². The number of carbonyl (C=O) groups is 1. The predicted octanol–water partition coefficient (Wildman–Crippen LogP) is 0.335. The third-order valence-corrected chi connectivity index (χ3v) is 2.09. The van der Waals surface area contributed by atoms with E-state index in [1.165, 1.54) is 11.2 Å². The molecule has 1 amide bonds. The van der Waals surface area contributed by atoms with Gasteiger partial charge in [-0.25, -0.2) is 9.80 Å². The third-order valence-electron chi connectivity index (χ3n) is 1.79. The lowest BCUT2D eigenvalue weighted by Gasteiger charge is -2.26. The van der Waals surface area contributed by atoms with Crippen molar-refractivity contribution in [2.24, 2.45) is 0 Å². The number of nitrogens with one attached hydrogen (secondary N) is 2. The molecule has 0 aromatic rings. The van der Waals surface area contributed by atoms with Gasteiger partial charge in [0.1, 0.15) is 10.8 Å². The Hall–Kier alpha value is -1.60. The monoisotopic (exact) mass is 212 g/mol. The zero-order valence-corrected chi connectivity index (χ0v) is 8.13. The Morgan fingerprint density at radius 3 is 3.00 bits per heavy atom. The molecule has 0 aromatic heterocycles. The average Bonchev–Trinajstić information content (AvgIpc) is 2.47. The van der Waals surface area contributed by atoms with Crippen molar-refractivity contribution in [3.63, 3.8) is 0 Å². The number of hydrogen-bond acceptors (Lipinski definition) is 4. The van der Waals surface area contributed by atoms with Crippen molar-refractivity contribution in [3.05, 3.63) is 23.8 Å². The molecular weight excluding hydrogens is 204 g/mol. The molecule has 0 aromatic carbocycles. The van der Waals surface area contributed by atoms with E-state index in [-0.39, 0.29) is 0 Å². The molecule has 14 heavy (non-hydrogen) atoms. The summed E-state index contributed by atoms with van der Waals surface area (Å²) in [5, 5.41) is 14.1. The summed E-state index contributed by atoms with van der Waals surface area (Å²) in [6.07, 6.45) is 2.07. The van der Waals surface area contributed by atoms with Gasteiger partial charge in [-0.3, -0.25) is 0 Å². The van der Waals surface area contributed by atoms with Crippen LogP contribution in [0.25, 0.3) is 0 Å². The number of rotatable bonds is 0. The molecule has 0 aliphatic carbocycles. The summed E-state index contributed by atoms with van der Waals surface area (Å²) in [5.41, 5.74) is 3.47. The number of hydrazine groups is 2. The van der Waals surface area contributed by atoms with Gasteiger partial charge in [0.25, 0.3) is 0 Å². The molecule has 3 N–H and O–H groups in total. The quantitative estimate of drug-likeness (QED) is 0.503. The molecule has 2 heterocycles. The fourth-order valence-corrected chi connectivity index (χ4v) is 1.53. The standard InChI is InChI=1S/C7H8N4O2S/c1-4-2-6(14)11-5(8-4)3-10(9-11)7(12)13/h2-3,8-9H,1H3,(H,12,13). The SMILES string of the molecule is CC1=CC(=S)N2NN(C(=O)O)C=C2N1. The molecule has 0 saturated carbocycles. The number of fused-ring (bicyclic) bond motifs is 1. The summed E-state index contributed by atoms with van der Waals surface area (Å²) < 4.78 is 0. The van der Waals surface area contributed by atoms with Crippen molar-refractivity contribution in [2.75, 3.05) is 0 Å². The van der Waals surface area contributed by atoms with Crippen LogP contribution in [0.3, 0.4) is 0 Å². The van der Waals surface area contributed by atoms with Crippen LogP contribution in [0.5, 0.6) is 0 Å². The molecule has 7 heteroatoms. The lowest BCUT2D eigenvalue weighted by molar-refractivity contribution is 0.126. The van der Waals surface area contributed by atoms with Crippen LogP contribution in [0.4, 0.5) is 4.79 Å². The average molecular weight is 212 g/mol. The molecule has 0 atom stereocenters. The van der Waals surface area contributed by atoms with Crippen molar-refractivity contribution >= 4 is 23.3 Å². The number of amides is 1. The lowest BCUT2D eigenvalue weighted by Crippen LogP contribution is -2.48. The first-order valence-electron chi connectivity index (χ1n) is 3.87. The minimum atomic E-state index is -1.09. The van der Waals surface area contributed by atoms with Crippen molar-refractivity contribution in [2.45, 2.75) is 6.92 Å². The fourth-order valence-electron chi connectivity index (χ4n) is 1.21. The molecule has 0 bridgehead atoms. The van der Waals surface area contributed by atoms with E-state index in [2.05, 4.69) is 10.9 Å². The summed E-state index contributed by atoms with van der Waals surface area (Å²) in [6.45, 7) is 1.86. The van der Waals surface area contributed by atoms with Gasteiger partial charge in [0.05, 0.1) is 6.20 Å². The van der Waals surface area contributed by atoms with E-state index in [9.17, 15) is 4.79 Å². The van der Waals surface area contributed by atoms with Gasteiger partial charge in [-0.05, 0) is 13.0 Å². The summed E-state index contributed by atoms with van der Waals surface area (Å²) in [6, 6.07) is 0. The zero-order chi connectivity index (χ0) is 10.3. The van der Waals surface area contributed by atoms with Gasteiger partial charge >= 0.3 is 6.09 Å². The topological polar surface area (TPSA) is 67.8 Å². The lowest BCUT2D eigenvalue weighted by atomic mass is 10.3. The predicted molar refractivity (Wildman–Crippen MR) is 52.4 cm³/mol. The minimum Gasteiger partial charge on any atom is -0.464 e. The van der Waals surface area contributed by atoms with Crippen LogP contribution < -0.4 is 10.9 Å². The van der Waals surface area contributed by atoms with Gasteiger partial charge in [0, 0.05) is 5.70 Å². The molecule has 2 rings (SSSR count). The highest BCUT2D eigenvalue weighted by molar-refractivity contribution is 7.80. The van der Waals surface area contributed by atoms with E-state index in [1.807, 2.05) is 6.92 Å². The Morgan fingerprint density at radius 2 is 2.36 bits per heavy atom. The molecule has 6 nitrogen and oxygen atoms in total. The largest absolute Gasteiger partial charge is 0.464 e. The number of nitrogens with zero attached hydrogens (tertiary/aromatic N) is 2. The van der Waals surface area contributed by atoms with E-state index in [4.69, 9.17) is 17.3 Å². The minimum absolute atomic E-state index is 0.524. The van der Waals surface area contributed by atoms with E-state index >= 15 is 0 Å². The Kier molecular flexibility index (Phi) is 1.90. The number of hydrogen-bond donors (Lipinski definition) is 3. The number of carboxylic acid groups (broad SMARTS) is 1. The van der Waals surface area contributed by atoms with Crippen molar-refractivity contribution in [1.29, 1.82) is 0 Å². The third kappa shape index (κ3) is 1.32. The Morgan fingerprint density at radius 1 is 1.64 bits per heavy atom. The highest BCUT2D eigenvalue weighted by Crippen LogP contribution is 2.16. The molecule has 2 aliphatic heterocycles. The second-order valence-corrected chi connectivity index (χ2v) is 3.31. The maximum Gasteiger partial charge on any atom is 0.427 e. The number of allylic oxidation sites excluding steroid dienone is 1. The van der Waals surface area contributed by atoms with Gasteiger partial charge < -0.3 is 10.4 Å². The Labute approximate surface area is 85.4 Å². The fraction of sp³-hybridized carbons (Fsp3) is 0.143. The van der Waals surface area contributed by atoms with Gasteiger partial charge in [-0.2, -0.15) is 5.01 Å². The highest BCUT2D eigenvalue weighted by Gasteiger charge is 2.29. The van der Waals surface area contributed by atoms with Crippen molar-refractivity contribution < 1.29 is 9.90 Å². The maximum atomic E-state index is 10.6. The van der Waals surface area contributed by atoms with Crippen LogP contribution in [0.1, 0.15) is 6.92 Å². The molecule has 0 fully saturated rings. The van der Waals surface area contributed by atoms with Crippen molar-refractivity contribution in [1.82, 2.24) is 20.9 Å².